The minimum atomic E-state index is -4.61. The number of aromatic nitrogens is 3. The molecule has 2 fully saturated rings. The second-order valence-electron chi connectivity index (χ2n) is 15.0. The molecule has 3 aromatic rings. The van der Waals surface area contributed by atoms with E-state index in [0.717, 1.165) is 24.3 Å². The predicted octanol–water partition coefficient (Wildman–Crippen LogP) is 7.36. The van der Waals surface area contributed by atoms with Gasteiger partial charge in [-0.05, 0) is 73.1 Å². The maximum atomic E-state index is 17.2. The molecule has 2 unspecified atom stereocenters. The number of aliphatic hydroxyl groups is 3. The van der Waals surface area contributed by atoms with Gasteiger partial charge in [0.25, 0.3) is 0 Å². The minimum absolute atomic E-state index is 0.00123. The fraction of sp³-hybridized carbons (Fsp3) is 0.595. The van der Waals surface area contributed by atoms with Crippen LogP contribution in [-0.2, 0) is 12.6 Å². The number of anilines is 1. The Morgan fingerprint density at radius 2 is 1.59 bits per heavy atom. The first kappa shape index (κ1) is 37.3. The van der Waals surface area contributed by atoms with E-state index in [4.69, 9.17) is 14.8 Å². The third-order valence-electron chi connectivity index (χ3n) is 10.5. The maximum Gasteiger partial charge on any atom is 0.416 e. The first-order valence-corrected chi connectivity index (χ1v) is 17.5. The molecule has 3 atom stereocenters. The van der Waals surface area contributed by atoms with Crippen LogP contribution >= 0.6 is 0 Å². The van der Waals surface area contributed by atoms with Crippen molar-refractivity contribution in [2.75, 3.05) is 31.2 Å². The second-order valence-corrected chi connectivity index (χ2v) is 15.0. The molecule has 51 heavy (non-hydrogen) atoms. The highest BCUT2D eigenvalue weighted by atomic mass is 19.4. The Morgan fingerprint density at radius 1 is 0.961 bits per heavy atom. The normalized spacial score (nSPS) is 22.3. The first-order chi connectivity index (χ1) is 24.0. The lowest BCUT2D eigenvalue weighted by molar-refractivity contribution is -0.137. The average molecular weight is 723 g/mol. The van der Waals surface area contributed by atoms with Crippen LogP contribution < -0.4 is 9.64 Å². The van der Waals surface area contributed by atoms with E-state index in [1.807, 2.05) is 18.7 Å². The summed E-state index contributed by atoms with van der Waals surface area (Å²) >= 11 is 0. The molecule has 1 aromatic carbocycles. The predicted molar refractivity (Wildman–Crippen MR) is 177 cm³/mol. The molecule has 0 amide bonds. The summed E-state index contributed by atoms with van der Waals surface area (Å²) in [6.07, 6.45) is -4.33. The van der Waals surface area contributed by atoms with Crippen molar-refractivity contribution in [1.82, 2.24) is 15.0 Å². The van der Waals surface area contributed by atoms with E-state index in [2.05, 4.69) is 9.97 Å². The molecule has 1 saturated heterocycles. The summed E-state index contributed by atoms with van der Waals surface area (Å²) in [5.41, 5.74) is 1.01. The van der Waals surface area contributed by atoms with Crippen LogP contribution in [0.15, 0.2) is 36.7 Å². The molecule has 14 heteroatoms. The van der Waals surface area contributed by atoms with Crippen LogP contribution in [0.1, 0.15) is 122 Å². The lowest BCUT2D eigenvalue weighted by atomic mass is 9.68. The van der Waals surface area contributed by atoms with Gasteiger partial charge < -0.3 is 25.0 Å². The number of nitrogens with zero attached hydrogens (tertiary/aromatic N) is 4. The third-order valence-corrected chi connectivity index (χ3v) is 10.5. The number of hydrogen-bond acceptors (Lipinski definition) is 8. The van der Waals surface area contributed by atoms with Crippen LogP contribution in [0, 0.1) is 5.41 Å². The molecule has 2 aliphatic carbocycles. The van der Waals surface area contributed by atoms with Gasteiger partial charge in [-0.15, -0.1) is 0 Å². The molecule has 3 N–H and O–H groups in total. The maximum absolute atomic E-state index is 17.2. The zero-order valence-electron chi connectivity index (χ0n) is 28.6. The van der Waals surface area contributed by atoms with Crippen molar-refractivity contribution in [2.24, 2.45) is 5.41 Å². The van der Waals surface area contributed by atoms with E-state index in [1.54, 1.807) is 0 Å². The summed E-state index contributed by atoms with van der Waals surface area (Å²) in [7, 11) is 0. The number of pyridine rings is 1. The number of fused-ring (bicyclic) bond motifs is 1. The molecule has 1 saturated carbocycles. The number of piperidine rings is 1. The number of benzene rings is 1. The minimum Gasteiger partial charge on any atom is -0.488 e. The lowest BCUT2D eigenvalue weighted by Gasteiger charge is -2.41. The number of ether oxygens (including phenoxy) is 1. The molecule has 0 radical (unpaired) electrons. The van der Waals surface area contributed by atoms with Crippen molar-refractivity contribution in [3.05, 3.63) is 75.9 Å². The number of alkyl halides is 6. The van der Waals surface area contributed by atoms with Gasteiger partial charge in [0.2, 0.25) is 11.9 Å². The molecule has 3 aliphatic rings. The van der Waals surface area contributed by atoms with E-state index < -0.39 is 48.6 Å². The highest BCUT2D eigenvalue weighted by Crippen LogP contribution is 2.52. The molecule has 6 rings (SSSR count). The molecule has 278 valence electrons. The highest BCUT2D eigenvalue weighted by Gasteiger charge is 2.44. The molecule has 0 spiro atoms. The van der Waals surface area contributed by atoms with Crippen LogP contribution in [0.4, 0.5) is 32.3 Å². The van der Waals surface area contributed by atoms with Crippen LogP contribution in [0.5, 0.6) is 5.75 Å². The van der Waals surface area contributed by atoms with Crippen molar-refractivity contribution < 1.29 is 46.4 Å². The first-order valence-electron chi connectivity index (χ1n) is 17.5. The number of aliphatic hydroxyl groups excluding tert-OH is 3. The van der Waals surface area contributed by atoms with Gasteiger partial charge in [-0.3, -0.25) is 4.98 Å². The van der Waals surface area contributed by atoms with E-state index in [1.165, 1.54) is 12.4 Å². The van der Waals surface area contributed by atoms with Gasteiger partial charge in [0.05, 0.1) is 36.4 Å². The summed E-state index contributed by atoms with van der Waals surface area (Å²) in [6, 6.07) is 3.92. The van der Waals surface area contributed by atoms with Gasteiger partial charge in [-0.25, -0.2) is 23.1 Å². The van der Waals surface area contributed by atoms with Crippen LogP contribution in [0.2, 0.25) is 0 Å². The molecule has 1 aliphatic heterocycles. The second kappa shape index (κ2) is 14.5. The lowest BCUT2D eigenvalue weighted by Crippen LogP contribution is -2.36. The molecule has 0 bridgehead atoms. The number of hydrogen-bond donors (Lipinski definition) is 3. The standard InChI is InChI=1S/C37H44F6N4O4/c1-35(2)15-27-30(28(50)16-35)29(21-7-11-36(39,40)12-8-21)31(32(38)22-3-5-24(6-4-22)37(41,42)43)33(46-27)23-9-13-47(14-10-23)34-44-17-26(18-45-34)51-20-25(49)19-48/h3-6,17-18,21,23,25,28,32,48-50H,7-16,19-20H2,1-2H3/t25-,28?,32?/m1/s1. The van der Waals surface area contributed by atoms with E-state index in [-0.39, 0.29) is 54.7 Å². The van der Waals surface area contributed by atoms with Crippen molar-refractivity contribution in [1.29, 1.82) is 0 Å². The van der Waals surface area contributed by atoms with Gasteiger partial charge in [0, 0.05) is 48.7 Å². The van der Waals surface area contributed by atoms with Crippen LogP contribution in [-0.4, -0.2) is 68.6 Å². The number of halogens is 6. The van der Waals surface area contributed by atoms with Crippen molar-refractivity contribution in [3.8, 4) is 5.75 Å². The molecular formula is C37H44F6N4O4. The Morgan fingerprint density at radius 3 is 2.18 bits per heavy atom. The van der Waals surface area contributed by atoms with Gasteiger partial charge in [-0.2, -0.15) is 13.2 Å². The van der Waals surface area contributed by atoms with Gasteiger partial charge in [0.15, 0.2) is 11.9 Å². The Hall–Kier alpha value is -3.49. The van der Waals surface area contributed by atoms with Gasteiger partial charge in [-0.1, -0.05) is 26.0 Å². The van der Waals surface area contributed by atoms with E-state index in [0.29, 0.717) is 73.0 Å². The number of rotatable bonds is 9. The summed E-state index contributed by atoms with van der Waals surface area (Å²) in [6.45, 7) is 4.41. The monoisotopic (exact) mass is 722 g/mol. The summed E-state index contributed by atoms with van der Waals surface area (Å²) in [4.78, 5) is 15.8. The summed E-state index contributed by atoms with van der Waals surface area (Å²) < 4.78 is 91.8. The molecule has 3 heterocycles. The fourth-order valence-electron chi connectivity index (χ4n) is 7.86. The van der Waals surface area contributed by atoms with Gasteiger partial charge >= 0.3 is 6.18 Å². The Balaban J connectivity index is 1.38. The van der Waals surface area contributed by atoms with Crippen LogP contribution in [0.3, 0.4) is 0 Å². The van der Waals surface area contributed by atoms with E-state index >= 15 is 4.39 Å². The van der Waals surface area contributed by atoms with E-state index in [9.17, 15) is 32.2 Å². The Labute approximate surface area is 292 Å². The van der Waals surface area contributed by atoms with Gasteiger partial charge in [0.1, 0.15) is 12.7 Å². The van der Waals surface area contributed by atoms with Crippen LogP contribution in [0.25, 0.3) is 0 Å². The fourth-order valence-corrected chi connectivity index (χ4v) is 7.86. The molecule has 2 aromatic heterocycles. The summed E-state index contributed by atoms with van der Waals surface area (Å²) in [5, 5.41) is 30.1. The smallest absolute Gasteiger partial charge is 0.416 e. The molecular weight excluding hydrogens is 678 g/mol. The van der Waals surface area contributed by atoms with Crippen molar-refractivity contribution in [3.63, 3.8) is 0 Å². The SMILES string of the molecule is CC1(C)Cc2nc(C3CCN(c4ncc(OC[C@H](O)CO)cn4)CC3)c(C(F)c3ccc(C(F)(F)F)cc3)c(C3CCC(F)(F)CC3)c2C(O)C1. The molecule has 8 nitrogen and oxygen atoms in total. The van der Waals surface area contributed by atoms with Crippen molar-refractivity contribution in [2.45, 2.75) is 108 Å². The highest BCUT2D eigenvalue weighted by molar-refractivity contribution is 5.51. The summed E-state index contributed by atoms with van der Waals surface area (Å²) in [5.74, 6) is -2.85. The zero-order chi connectivity index (χ0) is 36.7. The Kier molecular flexibility index (Phi) is 10.6. The largest absolute Gasteiger partial charge is 0.488 e. The Bertz CT molecular complexity index is 1650. The van der Waals surface area contributed by atoms with Crippen molar-refractivity contribution >= 4 is 5.95 Å². The quantitative estimate of drug-likeness (QED) is 0.197. The zero-order valence-corrected chi connectivity index (χ0v) is 28.6. The average Bonchev–Trinajstić information content (AvgIpc) is 3.09. The third kappa shape index (κ3) is 8.28. The topological polar surface area (TPSA) is 112 Å².